The number of benzene rings is 2. The Hall–Kier alpha value is -3.02. The van der Waals surface area contributed by atoms with Crippen LogP contribution in [0.15, 0.2) is 39.7 Å². The van der Waals surface area contributed by atoms with Crippen LogP contribution < -0.4 is 14.8 Å². The van der Waals surface area contributed by atoms with E-state index in [2.05, 4.69) is 21.2 Å². The second kappa shape index (κ2) is 13.0. The number of nitrogens with one attached hydrogen (secondary N) is 1. The van der Waals surface area contributed by atoms with Gasteiger partial charge in [-0.15, -0.1) is 0 Å². The van der Waals surface area contributed by atoms with Gasteiger partial charge in [0, 0.05) is 10.7 Å². The number of nitrogens with zero attached hydrogens (tertiary/aromatic N) is 1. The van der Waals surface area contributed by atoms with Gasteiger partial charge in [0.2, 0.25) is 0 Å². The van der Waals surface area contributed by atoms with Crippen molar-refractivity contribution < 1.29 is 33.4 Å². The van der Waals surface area contributed by atoms with Crippen LogP contribution in [0.5, 0.6) is 11.5 Å². The lowest BCUT2D eigenvalue weighted by molar-refractivity contribution is -0.146. The molecule has 9 nitrogen and oxygen atoms in total. The number of imide groups is 1. The van der Waals surface area contributed by atoms with Crippen molar-refractivity contribution in [2.24, 2.45) is 0 Å². The van der Waals surface area contributed by atoms with Crippen LogP contribution in [0.25, 0.3) is 6.08 Å². The third-order valence-corrected chi connectivity index (χ3v) is 6.80. The molecule has 0 atom stereocenters. The van der Waals surface area contributed by atoms with E-state index in [1.165, 1.54) is 6.08 Å². The SMILES string of the molecule is CCOC(=O)CN1C(=O)S/C(=C\c2cc(Br)c(OCC(=O)Nc3ccc(C)c(Cl)c3)c(OCC)c2)C1=O. The van der Waals surface area contributed by atoms with Gasteiger partial charge in [0.15, 0.2) is 18.1 Å². The summed E-state index contributed by atoms with van der Waals surface area (Å²) in [5.74, 6) is -1.02. The predicted octanol–water partition coefficient (Wildman–Crippen LogP) is 5.43. The number of ether oxygens (including phenoxy) is 3. The van der Waals surface area contributed by atoms with Crippen molar-refractivity contribution in [1.29, 1.82) is 0 Å². The first-order chi connectivity index (χ1) is 17.6. The van der Waals surface area contributed by atoms with Crippen LogP contribution in [-0.4, -0.2) is 54.3 Å². The number of aryl methyl sites for hydroxylation is 1. The van der Waals surface area contributed by atoms with E-state index in [9.17, 15) is 19.2 Å². The maximum Gasteiger partial charge on any atom is 0.326 e. The molecule has 12 heteroatoms. The van der Waals surface area contributed by atoms with Crippen LogP contribution in [0.4, 0.5) is 10.5 Å². The molecule has 0 spiro atoms. The minimum atomic E-state index is -0.663. The van der Waals surface area contributed by atoms with Gasteiger partial charge in [-0.1, -0.05) is 17.7 Å². The number of thioether (sulfide) groups is 1. The molecular formula is C25H24BrClN2O7S. The molecule has 0 bridgehead atoms. The number of hydrogen-bond donors (Lipinski definition) is 1. The van der Waals surface area contributed by atoms with Gasteiger partial charge in [0.05, 0.1) is 22.6 Å². The molecule has 2 aromatic carbocycles. The molecular weight excluding hydrogens is 588 g/mol. The van der Waals surface area contributed by atoms with Gasteiger partial charge < -0.3 is 19.5 Å². The highest BCUT2D eigenvalue weighted by Crippen LogP contribution is 2.39. The summed E-state index contributed by atoms with van der Waals surface area (Å²) in [4.78, 5) is 50.1. The number of anilines is 1. The summed E-state index contributed by atoms with van der Waals surface area (Å²) in [6.07, 6.45) is 1.51. The first-order valence-corrected chi connectivity index (χ1v) is 13.2. The number of amides is 3. The molecule has 2 aromatic rings. The van der Waals surface area contributed by atoms with E-state index in [4.69, 9.17) is 25.8 Å². The lowest BCUT2D eigenvalue weighted by Gasteiger charge is -2.15. The smallest absolute Gasteiger partial charge is 0.326 e. The summed E-state index contributed by atoms with van der Waals surface area (Å²) in [5, 5.41) is 2.70. The van der Waals surface area contributed by atoms with Gasteiger partial charge in [-0.05, 0) is 89.9 Å². The third kappa shape index (κ3) is 7.50. The fourth-order valence-electron chi connectivity index (χ4n) is 3.20. The van der Waals surface area contributed by atoms with Crippen LogP contribution in [0, 0.1) is 6.92 Å². The fraction of sp³-hybridized carbons (Fsp3) is 0.280. The first-order valence-electron chi connectivity index (χ1n) is 11.2. The molecule has 1 saturated heterocycles. The van der Waals surface area contributed by atoms with E-state index in [1.807, 2.05) is 6.92 Å². The Morgan fingerprint density at radius 3 is 2.57 bits per heavy atom. The molecule has 1 heterocycles. The van der Waals surface area contributed by atoms with E-state index in [-0.39, 0.29) is 18.1 Å². The lowest BCUT2D eigenvalue weighted by Crippen LogP contribution is -2.34. The molecule has 0 aromatic heterocycles. The number of esters is 1. The van der Waals surface area contributed by atoms with Crippen LogP contribution in [0.2, 0.25) is 5.02 Å². The van der Waals surface area contributed by atoms with Gasteiger partial charge in [-0.3, -0.25) is 24.1 Å². The Morgan fingerprint density at radius 2 is 1.89 bits per heavy atom. The molecule has 0 unspecified atom stereocenters. The van der Waals surface area contributed by atoms with Gasteiger partial charge in [-0.25, -0.2) is 0 Å². The largest absolute Gasteiger partial charge is 0.490 e. The molecule has 0 radical (unpaired) electrons. The second-order valence-electron chi connectivity index (χ2n) is 7.64. The summed E-state index contributed by atoms with van der Waals surface area (Å²) in [7, 11) is 0. The number of hydrogen-bond acceptors (Lipinski definition) is 8. The van der Waals surface area contributed by atoms with Crippen LogP contribution >= 0.6 is 39.3 Å². The highest BCUT2D eigenvalue weighted by molar-refractivity contribution is 9.10. The molecule has 37 heavy (non-hydrogen) atoms. The second-order valence-corrected chi connectivity index (χ2v) is 9.89. The molecule has 1 aliphatic heterocycles. The number of carbonyl (C=O) groups is 4. The molecule has 0 saturated carbocycles. The fourth-order valence-corrected chi connectivity index (χ4v) is 4.80. The van der Waals surface area contributed by atoms with Crippen molar-refractivity contribution in [2.75, 3.05) is 31.7 Å². The third-order valence-electron chi connectivity index (χ3n) is 4.90. The summed E-state index contributed by atoms with van der Waals surface area (Å²) in [5.41, 5.74) is 1.98. The van der Waals surface area contributed by atoms with Crippen LogP contribution in [-0.2, 0) is 19.1 Å². The van der Waals surface area contributed by atoms with E-state index < -0.39 is 29.6 Å². The standard InChI is InChI=1S/C25H24BrClN2O7S/c1-4-34-19-9-15(10-20-24(32)29(25(33)37-20)12-22(31)35-5-2)8-17(26)23(19)36-13-21(30)28-16-7-6-14(3)18(27)11-16/h6-11H,4-5,12-13H2,1-3H3,(H,28,30)/b20-10-. The Morgan fingerprint density at radius 1 is 1.14 bits per heavy atom. The minimum Gasteiger partial charge on any atom is -0.490 e. The zero-order valence-electron chi connectivity index (χ0n) is 20.3. The summed E-state index contributed by atoms with van der Waals surface area (Å²) in [6.45, 7) is 5.01. The van der Waals surface area contributed by atoms with Crippen molar-refractivity contribution >= 4 is 74.1 Å². The zero-order chi connectivity index (χ0) is 27.1. The van der Waals surface area contributed by atoms with Crippen molar-refractivity contribution in [1.82, 2.24) is 4.90 Å². The van der Waals surface area contributed by atoms with Gasteiger partial charge in [0.25, 0.3) is 17.1 Å². The zero-order valence-corrected chi connectivity index (χ0v) is 23.4. The highest BCUT2D eigenvalue weighted by Gasteiger charge is 2.36. The Bertz CT molecular complexity index is 1270. The molecule has 1 N–H and O–H groups in total. The topological polar surface area (TPSA) is 111 Å². The molecule has 1 fully saturated rings. The highest BCUT2D eigenvalue weighted by atomic mass is 79.9. The van der Waals surface area contributed by atoms with E-state index in [0.29, 0.717) is 38.9 Å². The van der Waals surface area contributed by atoms with Gasteiger partial charge in [-0.2, -0.15) is 0 Å². The average Bonchev–Trinajstić information content (AvgIpc) is 3.08. The number of halogens is 2. The summed E-state index contributed by atoms with van der Waals surface area (Å²) >= 11 is 10.3. The van der Waals surface area contributed by atoms with Crippen molar-refractivity contribution in [2.45, 2.75) is 20.8 Å². The number of carbonyl (C=O) groups excluding carboxylic acids is 4. The maximum absolute atomic E-state index is 12.7. The normalized spacial score (nSPS) is 14.2. The predicted molar refractivity (Wildman–Crippen MR) is 145 cm³/mol. The van der Waals surface area contributed by atoms with Gasteiger partial charge in [0.1, 0.15) is 6.54 Å². The van der Waals surface area contributed by atoms with Crippen molar-refractivity contribution in [3.05, 3.63) is 55.9 Å². The number of rotatable bonds is 10. The summed E-state index contributed by atoms with van der Waals surface area (Å²) in [6, 6.07) is 8.48. The van der Waals surface area contributed by atoms with E-state index in [1.54, 1.807) is 44.2 Å². The molecule has 0 aliphatic carbocycles. The van der Waals surface area contributed by atoms with E-state index in [0.717, 1.165) is 22.2 Å². The first kappa shape index (κ1) is 28.5. The van der Waals surface area contributed by atoms with Crippen molar-refractivity contribution in [3.63, 3.8) is 0 Å². The summed E-state index contributed by atoms with van der Waals surface area (Å²) < 4.78 is 16.7. The van der Waals surface area contributed by atoms with Gasteiger partial charge >= 0.3 is 5.97 Å². The van der Waals surface area contributed by atoms with Crippen LogP contribution in [0.1, 0.15) is 25.0 Å². The monoisotopic (exact) mass is 610 g/mol. The quantitative estimate of drug-likeness (QED) is 0.280. The van der Waals surface area contributed by atoms with Crippen molar-refractivity contribution in [3.8, 4) is 11.5 Å². The molecule has 3 rings (SSSR count). The Kier molecular flexibility index (Phi) is 10.0. The maximum atomic E-state index is 12.7. The molecule has 196 valence electrons. The lowest BCUT2D eigenvalue weighted by atomic mass is 10.2. The minimum absolute atomic E-state index is 0.147. The molecule has 1 aliphatic rings. The Labute approximate surface area is 231 Å². The van der Waals surface area contributed by atoms with Crippen LogP contribution in [0.3, 0.4) is 0 Å². The van der Waals surface area contributed by atoms with E-state index >= 15 is 0 Å². The molecule has 3 amide bonds. The Balaban J connectivity index is 1.75. The average molecular weight is 612 g/mol.